The Morgan fingerprint density at radius 1 is 1.53 bits per heavy atom. The quantitative estimate of drug-likeness (QED) is 0.718. The van der Waals surface area contributed by atoms with Crippen LogP contribution in [0.1, 0.15) is 30.1 Å². The number of hydrogen-bond donors (Lipinski definition) is 0. The number of anilines is 1. The van der Waals surface area contributed by atoms with E-state index in [1.807, 2.05) is 18.2 Å². The topological polar surface area (TPSA) is 29.5 Å². The molecule has 0 aliphatic heterocycles. The summed E-state index contributed by atoms with van der Waals surface area (Å²) in [5.41, 5.74) is 1.74. The summed E-state index contributed by atoms with van der Waals surface area (Å²) in [5, 5.41) is 0. The van der Waals surface area contributed by atoms with Crippen LogP contribution in [0.4, 0.5) is 5.69 Å². The lowest BCUT2D eigenvalue weighted by Gasteiger charge is -2.32. The standard InChI is InChI=1S/C15H20BrNO2/c1-11(12-3-4-12)17(7-8-19-2)15-6-5-14(16)9-13(15)10-18/h5-6,9-12H,3-4,7-8H2,1-2H3. The molecule has 1 fully saturated rings. The lowest BCUT2D eigenvalue weighted by molar-refractivity contribution is 0.112. The maximum Gasteiger partial charge on any atom is 0.152 e. The van der Waals surface area contributed by atoms with Gasteiger partial charge in [-0.1, -0.05) is 15.9 Å². The van der Waals surface area contributed by atoms with Gasteiger partial charge in [-0.3, -0.25) is 4.79 Å². The van der Waals surface area contributed by atoms with Crippen molar-refractivity contribution in [3.63, 3.8) is 0 Å². The lowest BCUT2D eigenvalue weighted by atomic mass is 10.1. The van der Waals surface area contributed by atoms with Gasteiger partial charge in [0.05, 0.1) is 6.61 Å². The van der Waals surface area contributed by atoms with Crippen molar-refractivity contribution in [1.29, 1.82) is 0 Å². The van der Waals surface area contributed by atoms with Crippen LogP contribution in [0.3, 0.4) is 0 Å². The summed E-state index contributed by atoms with van der Waals surface area (Å²) < 4.78 is 6.14. The second-order valence-electron chi connectivity index (χ2n) is 5.09. The van der Waals surface area contributed by atoms with Gasteiger partial charge >= 0.3 is 0 Å². The summed E-state index contributed by atoms with van der Waals surface area (Å²) in [7, 11) is 1.71. The van der Waals surface area contributed by atoms with Crippen molar-refractivity contribution in [1.82, 2.24) is 0 Å². The molecule has 0 bridgehead atoms. The van der Waals surface area contributed by atoms with Crippen molar-refractivity contribution < 1.29 is 9.53 Å². The van der Waals surface area contributed by atoms with E-state index in [9.17, 15) is 4.79 Å². The summed E-state index contributed by atoms with van der Waals surface area (Å²) in [5.74, 6) is 0.750. The van der Waals surface area contributed by atoms with Crippen LogP contribution in [0.5, 0.6) is 0 Å². The molecule has 104 valence electrons. The van der Waals surface area contributed by atoms with Crippen LogP contribution in [0.25, 0.3) is 0 Å². The predicted molar refractivity (Wildman–Crippen MR) is 80.9 cm³/mol. The van der Waals surface area contributed by atoms with Crippen LogP contribution < -0.4 is 4.90 Å². The number of carbonyl (C=O) groups is 1. The largest absolute Gasteiger partial charge is 0.383 e. The Labute approximate surface area is 123 Å². The van der Waals surface area contributed by atoms with E-state index in [0.29, 0.717) is 12.6 Å². The number of rotatable bonds is 7. The Hall–Kier alpha value is -0.870. The molecular formula is C15H20BrNO2. The fourth-order valence-electron chi connectivity index (χ4n) is 2.45. The zero-order chi connectivity index (χ0) is 13.8. The van der Waals surface area contributed by atoms with Gasteiger partial charge < -0.3 is 9.64 Å². The smallest absolute Gasteiger partial charge is 0.152 e. The van der Waals surface area contributed by atoms with E-state index in [1.165, 1.54) is 12.8 Å². The molecule has 19 heavy (non-hydrogen) atoms. The summed E-state index contributed by atoms with van der Waals surface area (Å²) in [6.07, 6.45) is 3.51. The molecule has 1 unspecified atom stereocenters. The van der Waals surface area contributed by atoms with Crippen LogP contribution in [-0.2, 0) is 4.74 Å². The van der Waals surface area contributed by atoms with Gasteiger partial charge in [-0.2, -0.15) is 0 Å². The molecule has 0 amide bonds. The zero-order valence-corrected chi connectivity index (χ0v) is 13.0. The van der Waals surface area contributed by atoms with Crippen molar-refractivity contribution >= 4 is 27.9 Å². The second-order valence-corrected chi connectivity index (χ2v) is 6.00. The molecule has 3 nitrogen and oxygen atoms in total. The van der Waals surface area contributed by atoms with Crippen LogP contribution >= 0.6 is 15.9 Å². The molecular weight excluding hydrogens is 306 g/mol. The summed E-state index contributed by atoms with van der Waals surface area (Å²) in [6, 6.07) is 6.33. The summed E-state index contributed by atoms with van der Waals surface area (Å²) in [6.45, 7) is 3.73. The predicted octanol–water partition coefficient (Wildman–Crippen LogP) is 3.51. The van der Waals surface area contributed by atoms with Crippen molar-refractivity contribution in [3.8, 4) is 0 Å². The third kappa shape index (κ3) is 3.57. The Morgan fingerprint density at radius 3 is 2.84 bits per heavy atom. The summed E-state index contributed by atoms with van der Waals surface area (Å²) >= 11 is 3.42. The first kappa shape index (κ1) is 14.5. The molecule has 0 aromatic heterocycles. The summed E-state index contributed by atoms with van der Waals surface area (Å²) in [4.78, 5) is 13.6. The van der Waals surface area contributed by atoms with Gasteiger partial charge in [0.2, 0.25) is 0 Å². The molecule has 0 N–H and O–H groups in total. The van der Waals surface area contributed by atoms with E-state index in [1.54, 1.807) is 7.11 Å². The molecule has 1 aliphatic carbocycles. The molecule has 1 atom stereocenters. The molecule has 1 saturated carbocycles. The Balaban J connectivity index is 2.27. The average Bonchev–Trinajstić information content (AvgIpc) is 3.24. The van der Waals surface area contributed by atoms with Crippen LogP contribution in [-0.4, -0.2) is 32.6 Å². The maximum absolute atomic E-state index is 11.3. The highest BCUT2D eigenvalue weighted by atomic mass is 79.9. The van der Waals surface area contributed by atoms with Gasteiger partial charge in [0.15, 0.2) is 6.29 Å². The average molecular weight is 326 g/mol. The van der Waals surface area contributed by atoms with E-state index < -0.39 is 0 Å². The van der Waals surface area contributed by atoms with Gasteiger partial charge in [0.25, 0.3) is 0 Å². The number of benzene rings is 1. The number of aldehydes is 1. The molecule has 1 aromatic carbocycles. The molecule has 4 heteroatoms. The fourth-order valence-corrected chi connectivity index (χ4v) is 2.83. The molecule has 0 saturated heterocycles. The Bertz CT molecular complexity index is 446. The molecule has 0 spiro atoms. The van der Waals surface area contributed by atoms with Crippen molar-refractivity contribution in [3.05, 3.63) is 28.2 Å². The van der Waals surface area contributed by atoms with E-state index in [0.717, 1.165) is 34.5 Å². The minimum absolute atomic E-state index is 0.454. The van der Waals surface area contributed by atoms with Gasteiger partial charge in [-0.25, -0.2) is 0 Å². The molecule has 1 aromatic rings. The number of nitrogens with zero attached hydrogens (tertiary/aromatic N) is 1. The van der Waals surface area contributed by atoms with E-state index >= 15 is 0 Å². The van der Waals surface area contributed by atoms with Crippen LogP contribution in [0.2, 0.25) is 0 Å². The van der Waals surface area contributed by atoms with Crippen molar-refractivity contribution in [2.75, 3.05) is 25.2 Å². The monoisotopic (exact) mass is 325 g/mol. The van der Waals surface area contributed by atoms with E-state index in [2.05, 4.69) is 27.8 Å². The molecule has 0 heterocycles. The highest BCUT2D eigenvalue weighted by Crippen LogP contribution is 2.37. The lowest BCUT2D eigenvalue weighted by Crippen LogP contribution is -2.37. The fraction of sp³-hybridized carbons (Fsp3) is 0.533. The molecule has 2 rings (SSSR count). The minimum Gasteiger partial charge on any atom is -0.383 e. The molecule has 0 radical (unpaired) electrons. The number of methoxy groups -OCH3 is 1. The third-order valence-electron chi connectivity index (χ3n) is 3.76. The minimum atomic E-state index is 0.454. The van der Waals surface area contributed by atoms with Gasteiger partial charge in [0, 0.05) is 35.4 Å². The highest BCUT2D eigenvalue weighted by Gasteiger charge is 2.32. The van der Waals surface area contributed by atoms with Gasteiger partial charge in [-0.15, -0.1) is 0 Å². The highest BCUT2D eigenvalue weighted by molar-refractivity contribution is 9.10. The SMILES string of the molecule is COCCN(c1ccc(Br)cc1C=O)C(C)C1CC1. The van der Waals surface area contributed by atoms with Crippen molar-refractivity contribution in [2.45, 2.75) is 25.8 Å². The van der Waals surface area contributed by atoms with E-state index in [-0.39, 0.29) is 0 Å². The van der Waals surface area contributed by atoms with Gasteiger partial charge in [0.1, 0.15) is 0 Å². The van der Waals surface area contributed by atoms with Crippen LogP contribution in [0.15, 0.2) is 22.7 Å². The maximum atomic E-state index is 11.3. The second kappa shape index (κ2) is 6.53. The number of carbonyl (C=O) groups excluding carboxylic acids is 1. The van der Waals surface area contributed by atoms with E-state index in [4.69, 9.17) is 4.74 Å². The normalized spacial score (nSPS) is 16.2. The number of ether oxygens (including phenoxy) is 1. The number of hydrogen-bond acceptors (Lipinski definition) is 3. The van der Waals surface area contributed by atoms with Gasteiger partial charge in [-0.05, 0) is 43.9 Å². The third-order valence-corrected chi connectivity index (χ3v) is 4.25. The van der Waals surface area contributed by atoms with Crippen LogP contribution in [0, 0.1) is 5.92 Å². The van der Waals surface area contributed by atoms with Crippen molar-refractivity contribution in [2.24, 2.45) is 5.92 Å². The Kier molecular flexibility index (Phi) is 4.99. The number of halogens is 1. The first-order chi connectivity index (χ1) is 9.17. The first-order valence-corrected chi connectivity index (χ1v) is 7.47. The first-order valence-electron chi connectivity index (χ1n) is 6.67. The Morgan fingerprint density at radius 2 is 2.26 bits per heavy atom. The zero-order valence-electron chi connectivity index (χ0n) is 11.4. The molecule has 1 aliphatic rings.